The number of carbonyl (C=O) groups is 2. The number of hydrogen-bond acceptors (Lipinski definition) is 5. The third-order valence-corrected chi connectivity index (χ3v) is 7.81. The van der Waals surface area contributed by atoms with Crippen molar-refractivity contribution in [1.29, 1.82) is 0 Å². The van der Waals surface area contributed by atoms with Crippen LogP contribution in [0.5, 0.6) is 5.75 Å². The Morgan fingerprint density at radius 1 is 0.872 bits per heavy atom. The number of piperidine rings is 1. The molecule has 1 aromatic heterocycles. The van der Waals surface area contributed by atoms with Crippen LogP contribution in [0.15, 0.2) is 65.1 Å². The number of carbonyl (C=O) groups excluding carboxylic acids is 2. The van der Waals surface area contributed by atoms with E-state index in [1.165, 1.54) is 18.2 Å². The highest BCUT2D eigenvalue weighted by molar-refractivity contribution is 5.92. The number of nitrogens with zero attached hydrogens (tertiary/aromatic N) is 3. The molecule has 0 saturated carbocycles. The van der Waals surface area contributed by atoms with Gasteiger partial charge in [-0.15, -0.1) is 0 Å². The number of benzene rings is 2. The largest absolute Gasteiger partial charge is 0.493 e. The second kappa shape index (κ2) is 11.6. The smallest absolute Gasteiger partial charge is 0.289 e. The van der Waals surface area contributed by atoms with Crippen molar-refractivity contribution in [3.05, 3.63) is 78.1 Å². The minimum Gasteiger partial charge on any atom is -0.493 e. The summed E-state index contributed by atoms with van der Waals surface area (Å²) in [5.74, 6) is 0.0508. The molecule has 0 unspecified atom stereocenters. The van der Waals surface area contributed by atoms with Crippen LogP contribution in [0.25, 0.3) is 11.3 Å². The van der Waals surface area contributed by atoms with Crippen molar-refractivity contribution in [2.24, 2.45) is 5.41 Å². The summed E-state index contributed by atoms with van der Waals surface area (Å²) in [7, 11) is 2.05. The van der Waals surface area contributed by atoms with Crippen LogP contribution >= 0.6 is 0 Å². The second-order valence-corrected chi connectivity index (χ2v) is 10.5. The van der Waals surface area contributed by atoms with Crippen LogP contribution in [0.1, 0.15) is 29.8 Å². The van der Waals surface area contributed by atoms with E-state index >= 15 is 0 Å². The highest BCUT2D eigenvalue weighted by atomic mass is 19.1. The Kier molecular flexibility index (Phi) is 7.97. The lowest BCUT2D eigenvalue weighted by molar-refractivity contribution is -0.136. The van der Waals surface area contributed by atoms with Gasteiger partial charge in [0.05, 0.1) is 12.2 Å². The van der Waals surface area contributed by atoms with E-state index in [1.54, 1.807) is 47.4 Å². The van der Waals surface area contributed by atoms with Gasteiger partial charge in [-0.1, -0.05) is 12.1 Å². The standard InChI is InChI=1S/C30H33F2N3O4/c1-33-16-18-34(19-17-33)28(36)20-30(21-38-23-8-6-22(31)7-9-23)12-14-35(15-13-30)29(37)27-11-10-26(39-27)24-4-2-3-5-25(24)32/h2-11H,12-21H2,1H3. The first kappa shape index (κ1) is 26.9. The number of halogens is 2. The van der Waals surface area contributed by atoms with Crippen LogP contribution in [-0.2, 0) is 4.79 Å². The molecule has 3 aromatic rings. The van der Waals surface area contributed by atoms with Crippen molar-refractivity contribution in [2.45, 2.75) is 19.3 Å². The Bertz CT molecular complexity index is 1290. The topological polar surface area (TPSA) is 66.2 Å². The Morgan fingerprint density at radius 2 is 1.56 bits per heavy atom. The van der Waals surface area contributed by atoms with Crippen LogP contribution in [0.4, 0.5) is 8.78 Å². The molecule has 0 radical (unpaired) electrons. The molecule has 39 heavy (non-hydrogen) atoms. The predicted octanol–water partition coefficient (Wildman–Crippen LogP) is 4.69. The fourth-order valence-electron chi connectivity index (χ4n) is 5.23. The molecule has 0 atom stereocenters. The number of likely N-dealkylation sites (N-methyl/N-ethyl adjacent to an activating group) is 1. The lowest BCUT2D eigenvalue weighted by Gasteiger charge is -2.42. The lowest BCUT2D eigenvalue weighted by Crippen LogP contribution is -2.51. The first-order chi connectivity index (χ1) is 18.8. The number of hydrogen-bond donors (Lipinski definition) is 0. The maximum atomic E-state index is 14.2. The zero-order chi connectivity index (χ0) is 27.4. The molecule has 0 aliphatic carbocycles. The summed E-state index contributed by atoms with van der Waals surface area (Å²) in [6.07, 6.45) is 1.46. The van der Waals surface area contributed by atoms with E-state index in [1.807, 2.05) is 11.9 Å². The minimum atomic E-state index is -0.465. The van der Waals surface area contributed by atoms with Crippen molar-refractivity contribution < 1.29 is 27.5 Å². The fraction of sp³-hybridized carbons (Fsp3) is 0.400. The van der Waals surface area contributed by atoms with Crippen LogP contribution < -0.4 is 4.74 Å². The number of likely N-dealkylation sites (tertiary alicyclic amines) is 1. The molecule has 2 saturated heterocycles. The van der Waals surface area contributed by atoms with Gasteiger partial charge in [0.15, 0.2) is 5.76 Å². The molecule has 5 rings (SSSR count). The van der Waals surface area contributed by atoms with Gasteiger partial charge in [-0.2, -0.15) is 0 Å². The van der Waals surface area contributed by atoms with E-state index in [0.717, 1.165) is 13.1 Å². The number of piperazine rings is 1. The lowest BCUT2D eigenvalue weighted by atomic mass is 9.75. The van der Waals surface area contributed by atoms with E-state index < -0.39 is 11.2 Å². The van der Waals surface area contributed by atoms with Gasteiger partial charge in [-0.25, -0.2) is 8.78 Å². The quantitative estimate of drug-likeness (QED) is 0.438. The van der Waals surface area contributed by atoms with Crippen LogP contribution in [-0.4, -0.2) is 79.4 Å². The zero-order valence-electron chi connectivity index (χ0n) is 22.1. The molecule has 9 heteroatoms. The molecule has 2 fully saturated rings. The van der Waals surface area contributed by atoms with E-state index in [2.05, 4.69) is 4.90 Å². The Hall–Kier alpha value is -3.72. The van der Waals surface area contributed by atoms with Crippen LogP contribution in [0.2, 0.25) is 0 Å². The molecule has 2 aliphatic heterocycles. The molecule has 2 amide bonds. The normalized spacial score (nSPS) is 17.7. The summed E-state index contributed by atoms with van der Waals surface area (Å²) < 4.78 is 39.3. The van der Waals surface area contributed by atoms with E-state index in [-0.39, 0.29) is 23.4 Å². The summed E-state index contributed by atoms with van der Waals surface area (Å²) in [5.41, 5.74) is -0.165. The highest BCUT2D eigenvalue weighted by Gasteiger charge is 2.40. The predicted molar refractivity (Wildman–Crippen MR) is 142 cm³/mol. The first-order valence-corrected chi connectivity index (χ1v) is 13.3. The van der Waals surface area contributed by atoms with Gasteiger partial charge in [-0.3, -0.25) is 9.59 Å². The summed E-state index contributed by atoms with van der Waals surface area (Å²) in [6.45, 7) is 4.21. The molecule has 0 N–H and O–H groups in total. The molecule has 3 heterocycles. The Morgan fingerprint density at radius 3 is 2.26 bits per heavy atom. The molecule has 0 spiro atoms. The van der Waals surface area contributed by atoms with Crippen molar-refractivity contribution >= 4 is 11.8 Å². The van der Waals surface area contributed by atoms with Crippen LogP contribution in [0, 0.1) is 17.0 Å². The third-order valence-electron chi connectivity index (χ3n) is 7.81. The van der Waals surface area contributed by atoms with Crippen LogP contribution in [0.3, 0.4) is 0 Å². The third kappa shape index (κ3) is 6.30. The Labute approximate surface area is 226 Å². The molecule has 2 aromatic carbocycles. The van der Waals surface area contributed by atoms with Crippen molar-refractivity contribution in [1.82, 2.24) is 14.7 Å². The monoisotopic (exact) mass is 537 g/mol. The first-order valence-electron chi connectivity index (χ1n) is 13.3. The van der Waals surface area contributed by atoms with Gasteiger partial charge in [0, 0.05) is 51.1 Å². The number of ether oxygens (including phenoxy) is 1. The van der Waals surface area contributed by atoms with Gasteiger partial charge in [0.25, 0.3) is 5.91 Å². The summed E-state index contributed by atoms with van der Waals surface area (Å²) in [6, 6.07) is 15.3. The van der Waals surface area contributed by atoms with E-state index in [9.17, 15) is 18.4 Å². The number of rotatable bonds is 7. The fourth-order valence-corrected chi connectivity index (χ4v) is 5.23. The van der Waals surface area contributed by atoms with Gasteiger partial charge in [-0.05, 0) is 68.4 Å². The molecular weight excluding hydrogens is 504 g/mol. The van der Waals surface area contributed by atoms with Gasteiger partial charge in [0.1, 0.15) is 23.1 Å². The van der Waals surface area contributed by atoms with Gasteiger partial charge >= 0.3 is 0 Å². The summed E-state index contributed by atoms with van der Waals surface area (Å²) >= 11 is 0. The van der Waals surface area contributed by atoms with Crippen molar-refractivity contribution in [3.63, 3.8) is 0 Å². The SMILES string of the molecule is CN1CCN(C(=O)CC2(COc3ccc(F)cc3)CCN(C(=O)c3ccc(-c4ccccc4F)o3)CC2)CC1. The average molecular weight is 538 g/mol. The maximum absolute atomic E-state index is 14.2. The van der Waals surface area contributed by atoms with E-state index in [0.29, 0.717) is 69.1 Å². The molecule has 2 aliphatic rings. The van der Waals surface area contributed by atoms with Gasteiger partial charge < -0.3 is 23.9 Å². The molecule has 7 nitrogen and oxygen atoms in total. The average Bonchev–Trinajstić information content (AvgIpc) is 3.44. The van der Waals surface area contributed by atoms with Crippen molar-refractivity contribution in [2.75, 3.05) is 52.9 Å². The molecule has 206 valence electrons. The minimum absolute atomic E-state index is 0.0890. The Balaban J connectivity index is 1.27. The summed E-state index contributed by atoms with van der Waals surface area (Å²) in [4.78, 5) is 32.4. The highest BCUT2D eigenvalue weighted by Crippen LogP contribution is 2.37. The van der Waals surface area contributed by atoms with Crippen molar-refractivity contribution in [3.8, 4) is 17.1 Å². The number of amides is 2. The maximum Gasteiger partial charge on any atom is 0.289 e. The van der Waals surface area contributed by atoms with E-state index in [4.69, 9.17) is 9.15 Å². The number of furan rings is 1. The van der Waals surface area contributed by atoms with Gasteiger partial charge in [0.2, 0.25) is 5.91 Å². The molecule has 0 bridgehead atoms. The molecular formula is C30H33F2N3O4. The second-order valence-electron chi connectivity index (χ2n) is 10.5. The summed E-state index contributed by atoms with van der Waals surface area (Å²) in [5, 5.41) is 0. The zero-order valence-corrected chi connectivity index (χ0v) is 22.1.